The molecular formula is C63H74Cl4F3N11O9S. The first kappa shape index (κ1) is 40.7. The summed E-state index contributed by atoms with van der Waals surface area (Å²) in [5.74, 6) is -5.21. The maximum absolute atomic E-state index is 13.7. The van der Waals surface area contributed by atoms with Crippen LogP contribution >= 0.6 is 47.2 Å². The minimum Gasteiger partial charge on any atom is -0.508 e. The standard InChI is InChI=1S/C22H24ClFN4O3.C16H13ClFN3.C15H11ClFN3O.C9H18O4S.CH4O.ClH.H3N/c1-29-20-13-19-16(12-21(20)31-8-2-5-28-6-9-30-10-7-28)22(26-14-25-19)27-15-3-4-18(24)17(23)11-15;1-9-5-12-15(6-10(9)2)19-8-20-16(12)21-11-3-4-14(18)13(17)7-11;1-8-4-13-10(6-14(8)21)15(19-7-18-13)20-9-2-3-12(17)11(16)5-9;1-14(10,11)13-6-2-3-9-4-7-12-8-5-9;1-2;;/h3-4,11-14H,2,5-10H2,1H3,(H,25,26,27);3-8H,1-2H3,(H,19,20,21);2-7,21H,1H3,(H,18,19,20);9H,2-8H2,1H3;2H,1H3;1H;1H3/i1D3,2D2,5D2,6D2,7D2,8D2,9D2,10D2;;;2D2,3D2,4D2,5D2,6D2,7D2,8D2;;;. The van der Waals surface area contributed by atoms with Crippen molar-refractivity contribution in [1.82, 2.24) is 41.0 Å². The average Bonchev–Trinajstić information content (AvgIpc) is 0.688. The number of rotatable bonds is 17. The number of hydrogen-bond donors (Lipinski definition) is 6. The predicted molar refractivity (Wildman–Crippen MR) is 356 cm³/mol. The van der Waals surface area contributed by atoms with Crippen LogP contribution in [0.25, 0.3) is 32.7 Å². The molecule has 0 saturated carbocycles. The number of nitrogens with zero attached hydrogens (tertiary/aromatic N) is 7. The summed E-state index contributed by atoms with van der Waals surface area (Å²) in [6.07, 6.45) is -15.5. The maximum Gasteiger partial charge on any atom is 0.264 e. The number of anilines is 6. The quantitative estimate of drug-likeness (QED) is 0.0462. The third kappa shape index (κ3) is 22.6. The molecule has 3 aromatic heterocycles. The van der Waals surface area contributed by atoms with E-state index in [2.05, 4.69) is 59.5 Å². The van der Waals surface area contributed by atoms with Crippen molar-refractivity contribution in [1.29, 1.82) is 0 Å². The number of benzene rings is 6. The average molecular weight is 1390 g/mol. The lowest BCUT2D eigenvalue weighted by Gasteiger charge is -2.26. The topological polar surface area (TPSA) is 272 Å². The molecule has 0 aliphatic carbocycles. The summed E-state index contributed by atoms with van der Waals surface area (Å²) in [6.45, 7) is -29.3. The van der Waals surface area contributed by atoms with Crippen molar-refractivity contribution in [3.63, 3.8) is 0 Å². The molecule has 0 atom stereocenters. The fourth-order valence-corrected chi connectivity index (χ4v) is 7.81. The van der Waals surface area contributed by atoms with Crippen molar-refractivity contribution in [3.8, 4) is 17.2 Å². The zero-order valence-electron chi connectivity index (χ0n) is 78.6. The highest BCUT2D eigenvalue weighted by Gasteiger charge is 2.17. The van der Waals surface area contributed by atoms with Gasteiger partial charge >= 0.3 is 0 Å². The molecule has 5 heterocycles. The van der Waals surface area contributed by atoms with Crippen molar-refractivity contribution in [3.05, 3.63) is 159 Å². The van der Waals surface area contributed by atoms with Crippen LogP contribution in [0.3, 0.4) is 0 Å². The summed E-state index contributed by atoms with van der Waals surface area (Å²) >= 11 is 17.4. The second kappa shape index (κ2) is 36.7. The van der Waals surface area contributed by atoms with Crippen molar-refractivity contribution in [2.75, 3.05) is 95.2 Å². The molecule has 0 unspecified atom stereocenters. The first-order valence-electron chi connectivity index (χ1n) is 40.4. The van der Waals surface area contributed by atoms with Gasteiger partial charge in [-0.25, -0.2) is 43.1 Å². The Morgan fingerprint density at radius 2 is 1.09 bits per heavy atom. The van der Waals surface area contributed by atoms with Crippen LogP contribution in [-0.4, -0.2) is 133 Å². The number of aliphatic hydroxyl groups excluding tert-OH is 1. The Hall–Kier alpha value is -7.20. The molecule has 0 spiro atoms. The molecule has 490 valence electrons. The Morgan fingerprint density at radius 1 is 0.637 bits per heavy atom. The Labute approximate surface area is 591 Å². The van der Waals surface area contributed by atoms with Gasteiger partial charge < -0.3 is 51.3 Å². The van der Waals surface area contributed by atoms with Crippen LogP contribution in [0.5, 0.6) is 17.2 Å². The van der Waals surface area contributed by atoms with Crippen LogP contribution in [-0.2, 0) is 23.8 Å². The lowest BCUT2D eigenvalue weighted by atomic mass is 9.95. The second-order valence-electron chi connectivity index (χ2n) is 17.4. The normalized spacial score (nSPS) is 23.6. The lowest BCUT2D eigenvalue weighted by molar-refractivity contribution is 0.0357. The summed E-state index contributed by atoms with van der Waals surface area (Å²) in [4.78, 5) is 24.1. The Morgan fingerprint density at radius 3 is 1.57 bits per heavy atom. The molecule has 91 heavy (non-hydrogen) atoms. The first-order chi connectivity index (χ1) is 54.3. The predicted octanol–water partition coefficient (Wildman–Crippen LogP) is 14.6. The van der Waals surface area contributed by atoms with Crippen molar-refractivity contribution in [2.45, 2.75) is 52.6 Å². The molecule has 0 bridgehead atoms. The van der Waals surface area contributed by atoms with E-state index in [9.17, 15) is 26.7 Å². The number of phenols is 1. The van der Waals surface area contributed by atoms with E-state index in [1.165, 1.54) is 54.6 Å². The smallest absolute Gasteiger partial charge is 0.264 e. The van der Waals surface area contributed by atoms with Gasteiger partial charge in [0.2, 0.25) is 0 Å². The van der Waals surface area contributed by atoms with Gasteiger partial charge in [-0.15, -0.1) is 12.4 Å². The summed E-state index contributed by atoms with van der Waals surface area (Å²) in [6, 6.07) is 21.5. The molecular weight excluding hydrogens is 1290 g/mol. The highest BCUT2D eigenvalue weighted by Crippen LogP contribution is 2.36. The molecule has 20 nitrogen and oxygen atoms in total. The van der Waals surface area contributed by atoms with Crippen LogP contribution in [0.15, 0.2) is 110 Å². The van der Waals surface area contributed by atoms with Gasteiger partial charge in [-0.2, -0.15) is 8.42 Å². The molecule has 11 rings (SSSR count). The van der Waals surface area contributed by atoms with E-state index in [-0.39, 0.29) is 61.8 Å². The highest BCUT2D eigenvalue weighted by molar-refractivity contribution is 7.86. The van der Waals surface area contributed by atoms with Gasteiger partial charge in [-0.05, 0) is 160 Å². The van der Waals surface area contributed by atoms with Gasteiger partial charge in [0.15, 0.2) is 11.5 Å². The lowest BCUT2D eigenvalue weighted by Crippen LogP contribution is -2.37. The van der Waals surface area contributed by atoms with E-state index in [1.807, 2.05) is 26.0 Å². The van der Waals surface area contributed by atoms with Crippen molar-refractivity contribution in [2.24, 2.45) is 5.92 Å². The molecule has 9 aromatic rings. The zero-order chi connectivity index (χ0) is 91.6. The van der Waals surface area contributed by atoms with Crippen LogP contribution < -0.4 is 31.6 Å². The summed E-state index contributed by atoms with van der Waals surface area (Å²) in [5, 5.41) is 27.2. The maximum atomic E-state index is 13.7. The number of fused-ring (bicyclic) bond motifs is 3. The minimum absolute atomic E-state index is 0. The second-order valence-corrected chi connectivity index (χ2v) is 20.2. The molecule has 2 aliphatic rings. The molecule has 2 aliphatic heterocycles. The van der Waals surface area contributed by atoms with E-state index in [0.717, 1.165) is 53.7 Å². The number of aryl methyl sites for hydroxylation is 3. The number of aromatic hydroxyl groups is 1. The van der Waals surface area contributed by atoms with E-state index < -0.39 is 148 Å². The molecule has 2 fully saturated rings. The molecule has 6 aromatic carbocycles. The number of ether oxygens (including phenoxy) is 4. The minimum atomic E-state index is -4.70. The van der Waals surface area contributed by atoms with Crippen molar-refractivity contribution >= 4 is 125 Å². The van der Waals surface area contributed by atoms with Gasteiger partial charge in [0.1, 0.15) is 59.6 Å². The van der Waals surface area contributed by atoms with E-state index in [1.54, 1.807) is 31.2 Å². The van der Waals surface area contributed by atoms with E-state index in [4.69, 9.17) is 91.9 Å². The Bertz CT molecular complexity index is 5250. The van der Waals surface area contributed by atoms with Crippen LogP contribution in [0.4, 0.5) is 47.7 Å². The monoisotopic (exact) mass is 1390 g/mol. The number of phenolic OH excluding ortho intramolecular Hbond substituents is 1. The Kier molecular flexibility index (Phi) is 16.4. The van der Waals surface area contributed by atoms with Crippen LogP contribution in [0, 0.1) is 44.1 Å². The molecule has 8 N–H and O–H groups in total. The van der Waals surface area contributed by atoms with Crippen LogP contribution in [0.2, 0.25) is 15.1 Å². The zero-order valence-corrected chi connectivity index (χ0v) is 51.5. The summed E-state index contributed by atoms with van der Waals surface area (Å²) in [7, 11) is -6.92. The summed E-state index contributed by atoms with van der Waals surface area (Å²) in [5.41, 5.74) is 6.07. The third-order valence-corrected chi connectivity index (χ3v) is 12.6. The fourth-order valence-electron chi connectivity index (χ4n) is 7.08. The first-order valence-corrected chi connectivity index (χ1v) is 27.9. The van der Waals surface area contributed by atoms with Gasteiger partial charge in [0.05, 0.1) is 91.7 Å². The highest BCUT2D eigenvalue weighted by atomic mass is 35.5. The SMILES string of the molecule is CO.Cc1cc2ncnc(Nc3ccc(F)c(Cl)c3)c2cc1C.Cc1cc2ncnc(Nc3ccc(F)c(Cl)c3)c2cc1O.Cl.N.[2H]C([2H])([2H])Oc1cc2ncnc(Nc3ccc(F)c(Cl)c3)c2cc1OC([2H])([2H])C([2H])([2H])C([2H])([2H])N1C([2H])([2H])C([2H])([2H])OC([2H])([2H])C1([2H])[2H].[2H]C1([2H])OC([2H])([2H])C([2H])([2H])C(C([2H])([2H])C([2H])([2H])C([2H])([2H])OS(C)(=O)=O)C1([2H])[2H]. The molecule has 2 saturated heterocycles. The Balaban J connectivity index is 0.000000305. The number of aromatic nitrogens is 6. The number of halogens is 7. The number of methoxy groups -OCH3 is 1. The summed E-state index contributed by atoms with van der Waals surface area (Å²) < 4.78 is 330. The van der Waals surface area contributed by atoms with Crippen molar-refractivity contribution < 1.29 is 97.4 Å². The third-order valence-electron chi connectivity index (χ3n) is 11.3. The number of nitrogens with one attached hydrogen (secondary N) is 3. The van der Waals surface area contributed by atoms with Gasteiger partial charge in [-0.3, -0.25) is 9.08 Å². The number of morpholine rings is 1. The molecule has 0 radical (unpaired) electrons. The van der Waals surface area contributed by atoms with Gasteiger partial charge in [-0.1, -0.05) is 34.8 Å². The van der Waals surface area contributed by atoms with E-state index in [0.29, 0.717) is 40.2 Å². The van der Waals surface area contributed by atoms with E-state index >= 15 is 0 Å². The van der Waals surface area contributed by atoms with Gasteiger partial charge in [0, 0.05) is 101 Å². The van der Waals surface area contributed by atoms with Gasteiger partial charge in [0.25, 0.3) is 10.1 Å². The van der Waals surface area contributed by atoms with Crippen LogP contribution in [0.1, 0.15) is 91.0 Å². The largest absolute Gasteiger partial charge is 0.508 e. The molecule has 0 amide bonds. The number of aliphatic hydroxyl groups is 1. The molecule has 28 heteroatoms. The number of hydrogen-bond acceptors (Lipinski definition) is 20. The fraction of sp³-hybridized carbons (Fsp3) is 0.333.